The van der Waals surface area contributed by atoms with E-state index in [2.05, 4.69) is 0 Å². The Bertz CT molecular complexity index is 1030. The summed E-state index contributed by atoms with van der Waals surface area (Å²) in [5.41, 5.74) is 2.27. The minimum Gasteiger partial charge on any atom is -0.288 e. The molecule has 0 aliphatic carbocycles. The van der Waals surface area contributed by atoms with Crippen LogP contribution in [0.15, 0.2) is 59.5 Å². The topological polar surface area (TPSA) is 57.7 Å². The van der Waals surface area contributed by atoms with Crippen molar-refractivity contribution < 1.29 is 14.4 Å². The summed E-state index contributed by atoms with van der Waals surface area (Å²) in [6.07, 6.45) is 0. The smallest absolute Gasteiger partial charge is 0.267 e. The molecular weight excluding hydrogens is 380 g/mol. The van der Waals surface area contributed by atoms with Gasteiger partial charge in [-0.3, -0.25) is 19.3 Å². The average Bonchev–Trinajstić information content (AvgIpc) is 3.10. The van der Waals surface area contributed by atoms with Gasteiger partial charge in [-0.05, 0) is 11.6 Å². The number of hydrogen-bond acceptors (Lipinski definition) is 5. The zero-order valence-corrected chi connectivity index (χ0v) is 16.0. The molecule has 0 radical (unpaired) electrons. The summed E-state index contributed by atoms with van der Waals surface area (Å²) in [5.74, 6) is -1.18. The Morgan fingerprint density at radius 1 is 1.00 bits per heavy atom. The van der Waals surface area contributed by atoms with Gasteiger partial charge in [-0.1, -0.05) is 72.5 Å². The second-order valence-electron chi connectivity index (χ2n) is 6.13. The summed E-state index contributed by atoms with van der Waals surface area (Å²) in [6, 6.07) is 16.5. The van der Waals surface area contributed by atoms with Crippen LogP contribution in [0.25, 0.3) is 5.57 Å². The predicted molar refractivity (Wildman–Crippen MR) is 109 cm³/mol. The number of carbonyl (C=O) groups is 3. The van der Waals surface area contributed by atoms with Crippen molar-refractivity contribution in [1.82, 2.24) is 4.90 Å². The highest BCUT2D eigenvalue weighted by Crippen LogP contribution is 2.44. The summed E-state index contributed by atoms with van der Waals surface area (Å²) in [7, 11) is 0. The van der Waals surface area contributed by atoms with Crippen LogP contribution in [0.5, 0.6) is 0 Å². The number of nitrogens with zero attached hydrogens (tertiary/aromatic N) is 2. The molecule has 0 saturated carbocycles. The molecule has 5 nitrogen and oxygen atoms in total. The Morgan fingerprint density at radius 3 is 2.37 bits per heavy atom. The number of thioether (sulfide) groups is 1. The minimum atomic E-state index is -0.482. The standard InChI is InChI=1S/C20H14N2O3S2/c1-12(23)22-15-10-6-5-9-14(15)16(18(22)24)17-19(25)21(20(26)27-17)11-13-7-3-2-4-8-13/h2-10H,11H2,1H3/b17-16+. The van der Waals surface area contributed by atoms with Gasteiger partial charge in [-0.25, -0.2) is 4.90 Å². The minimum absolute atomic E-state index is 0.244. The molecule has 7 heteroatoms. The molecular formula is C20H14N2O3S2. The molecule has 0 atom stereocenters. The Balaban J connectivity index is 1.77. The lowest BCUT2D eigenvalue weighted by Gasteiger charge is -2.14. The zero-order chi connectivity index (χ0) is 19.1. The number of thiocarbonyl (C=S) groups is 1. The fourth-order valence-electron chi connectivity index (χ4n) is 3.20. The number of benzene rings is 2. The highest BCUT2D eigenvalue weighted by Gasteiger charge is 2.43. The maximum atomic E-state index is 13.0. The van der Waals surface area contributed by atoms with Crippen molar-refractivity contribution in [1.29, 1.82) is 0 Å². The van der Waals surface area contributed by atoms with Crippen LogP contribution in [0.4, 0.5) is 5.69 Å². The Morgan fingerprint density at radius 2 is 1.67 bits per heavy atom. The van der Waals surface area contributed by atoms with E-state index in [-0.39, 0.29) is 22.3 Å². The van der Waals surface area contributed by atoms with Crippen LogP contribution in [-0.2, 0) is 20.9 Å². The molecule has 0 spiro atoms. The molecule has 0 N–H and O–H groups in total. The number of imide groups is 1. The number of carbonyl (C=O) groups excluding carboxylic acids is 3. The molecule has 0 aromatic heterocycles. The van der Waals surface area contributed by atoms with Gasteiger partial charge in [-0.15, -0.1) is 0 Å². The molecule has 2 aliphatic heterocycles. The zero-order valence-electron chi connectivity index (χ0n) is 14.3. The van der Waals surface area contributed by atoms with Crippen molar-refractivity contribution in [3.05, 3.63) is 70.6 Å². The third-order valence-electron chi connectivity index (χ3n) is 4.41. The number of rotatable bonds is 2. The fraction of sp³-hybridized carbons (Fsp3) is 0.100. The van der Waals surface area contributed by atoms with Gasteiger partial charge in [0, 0.05) is 12.5 Å². The predicted octanol–water partition coefficient (Wildman–Crippen LogP) is 3.35. The Labute approximate surface area is 165 Å². The number of fused-ring (bicyclic) bond motifs is 1. The maximum absolute atomic E-state index is 13.0. The van der Waals surface area contributed by atoms with Crippen molar-refractivity contribution in [2.24, 2.45) is 0 Å². The van der Waals surface area contributed by atoms with Crippen LogP contribution in [0.3, 0.4) is 0 Å². The van der Waals surface area contributed by atoms with Gasteiger partial charge < -0.3 is 0 Å². The Hall–Kier alpha value is -2.77. The van der Waals surface area contributed by atoms with Gasteiger partial charge in [0.2, 0.25) is 5.91 Å². The highest BCUT2D eigenvalue weighted by atomic mass is 32.2. The van der Waals surface area contributed by atoms with Crippen molar-refractivity contribution in [2.75, 3.05) is 4.90 Å². The van der Waals surface area contributed by atoms with Gasteiger partial charge in [0.15, 0.2) is 0 Å². The lowest BCUT2D eigenvalue weighted by molar-refractivity contribution is -0.124. The summed E-state index contributed by atoms with van der Waals surface area (Å²) in [6.45, 7) is 1.67. The first-order valence-corrected chi connectivity index (χ1v) is 9.48. The molecule has 2 aromatic carbocycles. The summed E-state index contributed by atoms with van der Waals surface area (Å²) in [4.78, 5) is 40.8. The van der Waals surface area contributed by atoms with E-state index in [1.165, 1.54) is 11.8 Å². The fourth-order valence-corrected chi connectivity index (χ4v) is 4.53. The lowest BCUT2D eigenvalue weighted by atomic mass is 10.1. The third-order valence-corrected chi connectivity index (χ3v) is 5.85. The third kappa shape index (κ3) is 2.89. The van der Waals surface area contributed by atoms with Crippen LogP contribution in [0.2, 0.25) is 0 Å². The molecule has 3 amide bonds. The van der Waals surface area contributed by atoms with Gasteiger partial charge in [0.1, 0.15) is 4.32 Å². The van der Waals surface area contributed by atoms with Crippen LogP contribution >= 0.6 is 24.0 Å². The number of amides is 3. The van der Waals surface area contributed by atoms with E-state index in [0.29, 0.717) is 22.1 Å². The monoisotopic (exact) mass is 394 g/mol. The van der Waals surface area contributed by atoms with E-state index in [1.54, 1.807) is 24.3 Å². The molecule has 4 rings (SSSR count). The van der Waals surface area contributed by atoms with Crippen LogP contribution in [0, 0.1) is 0 Å². The van der Waals surface area contributed by atoms with Gasteiger partial charge in [0.05, 0.1) is 22.7 Å². The summed E-state index contributed by atoms with van der Waals surface area (Å²) in [5, 5.41) is 0. The largest absolute Gasteiger partial charge is 0.288 e. The van der Waals surface area contributed by atoms with Crippen molar-refractivity contribution in [2.45, 2.75) is 13.5 Å². The number of anilines is 1. The van der Waals surface area contributed by atoms with Crippen molar-refractivity contribution >= 4 is 57.3 Å². The summed E-state index contributed by atoms with van der Waals surface area (Å²) >= 11 is 6.50. The number of hydrogen-bond donors (Lipinski definition) is 0. The van der Waals surface area contributed by atoms with Crippen LogP contribution in [0.1, 0.15) is 18.1 Å². The van der Waals surface area contributed by atoms with Crippen molar-refractivity contribution in [3.8, 4) is 0 Å². The first kappa shape index (κ1) is 17.6. The molecule has 27 heavy (non-hydrogen) atoms. The van der Waals surface area contributed by atoms with E-state index in [9.17, 15) is 14.4 Å². The van der Waals surface area contributed by atoms with E-state index < -0.39 is 5.91 Å². The van der Waals surface area contributed by atoms with E-state index in [4.69, 9.17) is 12.2 Å². The first-order valence-electron chi connectivity index (χ1n) is 8.25. The van der Waals surface area contributed by atoms with E-state index >= 15 is 0 Å². The van der Waals surface area contributed by atoms with E-state index in [0.717, 1.165) is 22.2 Å². The second kappa shape index (κ2) is 6.75. The van der Waals surface area contributed by atoms with Crippen LogP contribution < -0.4 is 4.90 Å². The second-order valence-corrected chi connectivity index (χ2v) is 7.77. The highest BCUT2D eigenvalue weighted by molar-refractivity contribution is 8.26. The molecule has 1 fully saturated rings. The molecule has 0 bridgehead atoms. The average molecular weight is 394 g/mol. The molecule has 134 valence electrons. The quantitative estimate of drug-likeness (QED) is 0.578. The molecule has 2 heterocycles. The van der Waals surface area contributed by atoms with Gasteiger partial charge in [-0.2, -0.15) is 0 Å². The van der Waals surface area contributed by atoms with E-state index in [1.807, 2.05) is 30.3 Å². The molecule has 1 saturated heterocycles. The lowest BCUT2D eigenvalue weighted by Crippen LogP contribution is -2.32. The maximum Gasteiger partial charge on any atom is 0.267 e. The van der Waals surface area contributed by atoms with Gasteiger partial charge >= 0.3 is 0 Å². The first-order chi connectivity index (χ1) is 13.0. The molecule has 2 aliphatic rings. The van der Waals surface area contributed by atoms with Crippen molar-refractivity contribution in [3.63, 3.8) is 0 Å². The molecule has 0 unspecified atom stereocenters. The summed E-state index contributed by atoms with van der Waals surface area (Å²) < 4.78 is 0.401. The SMILES string of the molecule is CC(=O)N1C(=O)/C(=C2/SC(=S)N(Cc3ccccc3)C2=O)c2ccccc21. The number of para-hydroxylation sites is 1. The molecule has 2 aromatic rings. The Kier molecular flexibility index (Phi) is 4.41. The van der Waals surface area contributed by atoms with Gasteiger partial charge in [0.25, 0.3) is 11.8 Å². The van der Waals surface area contributed by atoms with Crippen LogP contribution in [-0.4, -0.2) is 26.9 Å². The normalized spacial score (nSPS) is 19.1.